The van der Waals surface area contributed by atoms with Crippen molar-refractivity contribution in [3.05, 3.63) is 111 Å². The molecule has 0 saturated carbocycles. The Hall–Kier alpha value is -4.02. The number of ether oxygens (including phenoxy) is 2. The lowest BCUT2D eigenvalue weighted by Crippen LogP contribution is -2.21. The monoisotopic (exact) mass is 498 g/mol. The lowest BCUT2D eigenvalue weighted by Gasteiger charge is -2.25. The first-order valence-corrected chi connectivity index (χ1v) is 11.1. The van der Waals surface area contributed by atoms with Crippen molar-refractivity contribution in [1.29, 1.82) is 5.26 Å². The number of rotatable bonds is 5. The van der Waals surface area contributed by atoms with Gasteiger partial charge in [-0.25, -0.2) is 0 Å². The Morgan fingerprint density at radius 1 is 1.03 bits per heavy atom. The standard InChI is InChI=1S/C26H19BrN4O2/c27-18-12-10-16(11-13-18)15-32-21-9-5-4-8-19(21)22-20(14-28)25(29)33-26-23(22)24(30-31-26)17-6-2-1-3-7-17/h1-13,22H,15,29H2,(H,30,31)/t22-/m1/s1. The summed E-state index contributed by atoms with van der Waals surface area (Å²) in [7, 11) is 0. The molecule has 0 amide bonds. The minimum atomic E-state index is -0.492. The number of fused-ring (bicyclic) bond motifs is 1. The second-order valence-corrected chi connectivity index (χ2v) is 8.48. The molecule has 7 heteroatoms. The molecule has 0 saturated heterocycles. The summed E-state index contributed by atoms with van der Waals surface area (Å²) in [5.74, 6) is 0.578. The van der Waals surface area contributed by atoms with Crippen LogP contribution in [0, 0.1) is 11.3 Å². The predicted octanol–water partition coefficient (Wildman–Crippen LogP) is 5.64. The maximum atomic E-state index is 10.00. The molecule has 1 aliphatic rings. The van der Waals surface area contributed by atoms with Gasteiger partial charge in [-0.05, 0) is 29.3 Å². The van der Waals surface area contributed by atoms with Gasteiger partial charge in [0, 0.05) is 10.0 Å². The van der Waals surface area contributed by atoms with Gasteiger partial charge in [-0.3, -0.25) is 5.10 Å². The third kappa shape index (κ3) is 3.97. The zero-order valence-corrected chi connectivity index (χ0v) is 19.0. The third-order valence-corrected chi connectivity index (χ3v) is 6.07. The maximum Gasteiger partial charge on any atom is 0.244 e. The molecule has 0 bridgehead atoms. The van der Waals surface area contributed by atoms with Gasteiger partial charge in [-0.1, -0.05) is 76.6 Å². The SMILES string of the molecule is N#CC1=C(N)Oc2n[nH]c(-c3ccccc3)c2[C@@H]1c1ccccc1OCc1ccc(Br)cc1. The highest BCUT2D eigenvalue weighted by Crippen LogP contribution is 2.47. The van der Waals surface area contributed by atoms with E-state index in [1.165, 1.54) is 0 Å². The Kier molecular flexibility index (Phi) is 5.59. The van der Waals surface area contributed by atoms with Gasteiger partial charge in [0.15, 0.2) is 0 Å². The Balaban J connectivity index is 1.60. The first-order chi connectivity index (χ1) is 16.2. The molecule has 0 fully saturated rings. The second kappa shape index (κ2) is 8.85. The summed E-state index contributed by atoms with van der Waals surface area (Å²) in [5.41, 5.74) is 10.8. The number of nitrogens with two attached hydrogens (primary N) is 1. The normalized spacial score (nSPS) is 14.8. The highest BCUT2D eigenvalue weighted by molar-refractivity contribution is 9.10. The molecule has 0 aliphatic carbocycles. The van der Waals surface area contributed by atoms with E-state index in [0.717, 1.165) is 32.4 Å². The number of nitrogens with one attached hydrogen (secondary N) is 1. The van der Waals surface area contributed by atoms with Gasteiger partial charge in [0.2, 0.25) is 11.8 Å². The molecule has 0 radical (unpaired) electrons. The van der Waals surface area contributed by atoms with Crippen LogP contribution in [0.5, 0.6) is 11.6 Å². The van der Waals surface area contributed by atoms with E-state index in [0.29, 0.717) is 23.8 Å². The van der Waals surface area contributed by atoms with Crippen molar-refractivity contribution >= 4 is 15.9 Å². The smallest absolute Gasteiger partial charge is 0.244 e. The van der Waals surface area contributed by atoms with Crippen LogP contribution < -0.4 is 15.2 Å². The van der Waals surface area contributed by atoms with E-state index in [1.54, 1.807) is 0 Å². The molecule has 1 aromatic heterocycles. The third-order valence-electron chi connectivity index (χ3n) is 5.54. The molecule has 0 unspecified atom stereocenters. The van der Waals surface area contributed by atoms with Gasteiger partial charge in [-0.2, -0.15) is 5.26 Å². The number of nitriles is 1. The summed E-state index contributed by atoms with van der Waals surface area (Å²) in [6.45, 7) is 0.387. The van der Waals surface area contributed by atoms with Crippen LogP contribution in [0.4, 0.5) is 0 Å². The summed E-state index contributed by atoms with van der Waals surface area (Å²) >= 11 is 3.45. The Morgan fingerprint density at radius 2 is 1.76 bits per heavy atom. The van der Waals surface area contributed by atoms with Gasteiger partial charge < -0.3 is 15.2 Å². The van der Waals surface area contributed by atoms with Gasteiger partial charge in [0.05, 0.1) is 17.2 Å². The summed E-state index contributed by atoms with van der Waals surface area (Å²) in [6.07, 6.45) is 0. The number of benzene rings is 3. The first kappa shape index (κ1) is 20.9. The molecule has 162 valence electrons. The maximum absolute atomic E-state index is 10.00. The molecular weight excluding hydrogens is 480 g/mol. The van der Waals surface area contributed by atoms with Crippen LogP contribution in [0.15, 0.2) is 94.8 Å². The fourth-order valence-electron chi connectivity index (χ4n) is 3.97. The molecule has 4 aromatic rings. The van der Waals surface area contributed by atoms with Crippen molar-refractivity contribution in [2.75, 3.05) is 0 Å². The summed E-state index contributed by atoms with van der Waals surface area (Å²) in [4.78, 5) is 0. The van der Waals surface area contributed by atoms with Crippen LogP contribution >= 0.6 is 15.9 Å². The van der Waals surface area contributed by atoms with Gasteiger partial charge >= 0.3 is 0 Å². The van der Waals surface area contributed by atoms with Crippen molar-refractivity contribution in [2.45, 2.75) is 12.5 Å². The van der Waals surface area contributed by atoms with Crippen molar-refractivity contribution in [3.63, 3.8) is 0 Å². The van der Waals surface area contributed by atoms with E-state index < -0.39 is 5.92 Å². The van der Waals surface area contributed by atoms with Crippen LogP contribution in [0.25, 0.3) is 11.3 Å². The number of halogens is 1. The van der Waals surface area contributed by atoms with Crippen molar-refractivity contribution < 1.29 is 9.47 Å². The molecule has 1 aliphatic heterocycles. The van der Waals surface area contributed by atoms with Crippen LogP contribution in [-0.2, 0) is 6.61 Å². The van der Waals surface area contributed by atoms with Crippen LogP contribution in [0.2, 0.25) is 0 Å². The number of hydrogen-bond acceptors (Lipinski definition) is 5. The molecule has 5 rings (SSSR count). The van der Waals surface area contributed by atoms with Gasteiger partial charge in [0.1, 0.15) is 24.0 Å². The Labute approximate surface area is 199 Å². The van der Waals surface area contributed by atoms with Gasteiger partial charge in [-0.15, -0.1) is 5.10 Å². The fraction of sp³-hybridized carbons (Fsp3) is 0.0769. The minimum Gasteiger partial charge on any atom is -0.489 e. The second-order valence-electron chi connectivity index (χ2n) is 7.56. The summed E-state index contributed by atoms with van der Waals surface area (Å²) < 4.78 is 12.9. The lowest BCUT2D eigenvalue weighted by atomic mass is 9.82. The minimum absolute atomic E-state index is 0.0452. The largest absolute Gasteiger partial charge is 0.489 e. The molecule has 1 atom stereocenters. The van der Waals surface area contributed by atoms with E-state index in [1.807, 2.05) is 78.9 Å². The fourth-order valence-corrected chi connectivity index (χ4v) is 4.24. The topological polar surface area (TPSA) is 97.0 Å². The molecule has 3 aromatic carbocycles. The molecular formula is C26H19BrN4O2. The van der Waals surface area contributed by atoms with E-state index >= 15 is 0 Å². The van der Waals surface area contributed by atoms with Crippen molar-refractivity contribution in [3.8, 4) is 29.0 Å². The van der Waals surface area contributed by atoms with E-state index in [4.69, 9.17) is 15.2 Å². The van der Waals surface area contributed by atoms with Gasteiger partial charge in [0.25, 0.3) is 0 Å². The lowest BCUT2D eigenvalue weighted by molar-refractivity contribution is 0.301. The van der Waals surface area contributed by atoms with E-state index in [9.17, 15) is 5.26 Å². The zero-order chi connectivity index (χ0) is 22.8. The Morgan fingerprint density at radius 3 is 2.52 bits per heavy atom. The first-order valence-electron chi connectivity index (χ1n) is 10.3. The van der Waals surface area contributed by atoms with Crippen LogP contribution in [-0.4, -0.2) is 10.2 Å². The van der Waals surface area contributed by atoms with E-state index in [2.05, 4.69) is 32.2 Å². The summed E-state index contributed by atoms with van der Waals surface area (Å²) in [5, 5.41) is 17.4. The molecule has 33 heavy (non-hydrogen) atoms. The number of aromatic amines is 1. The van der Waals surface area contributed by atoms with Crippen LogP contribution in [0.3, 0.4) is 0 Å². The summed E-state index contributed by atoms with van der Waals surface area (Å²) in [6, 6.07) is 27.7. The van der Waals surface area contributed by atoms with E-state index in [-0.39, 0.29) is 5.88 Å². The molecule has 3 N–H and O–H groups in total. The number of allylic oxidation sites excluding steroid dienone is 1. The zero-order valence-electron chi connectivity index (χ0n) is 17.5. The number of aromatic nitrogens is 2. The predicted molar refractivity (Wildman–Crippen MR) is 128 cm³/mol. The van der Waals surface area contributed by atoms with Crippen molar-refractivity contribution in [2.24, 2.45) is 5.73 Å². The molecule has 2 heterocycles. The average Bonchev–Trinajstić information content (AvgIpc) is 3.27. The average molecular weight is 499 g/mol. The Bertz CT molecular complexity index is 1370. The highest BCUT2D eigenvalue weighted by Gasteiger charge is 2.37. The quantitative estimate of drug-likeness (QED) is 0.371. The highest BCUT2D eigenvalue weighted by atomic mass is 79.9. The molecule has 6 nitrogen and oxygen atoms in total. The van der Waals surface area contributed by atoms with Crippen molar-refractivity contribution in [1.82, 2.24) is 10.2 Å². The number of H-pyrrole nitrogens is 1. The number of para-hydroxylation sites is 1. The molecule has 0 spiro atoms. The number of nitrogens with zero attached hydrogens (tertiary/aromatic N) is 2. The number of hydrogen-bond donors (Lipinski definition) is 2. The van der Waals surface area contributed by atoms with Crippen LogP contribution in [0.1, 0.15) is 22.6 Å².